The lowest BCUT2D eigenvalue weighted by molar-refractivity contribution is 0.753. The number of anilines is 6. The van der Waals surface area contributed by atoms with Crippen molar-refractivity contribution in [3.05, 3.63) is 259 Å². The average Bonchev–Trinajstić information content (AvgIpc) is 3.84. The largest absolute Gasteiger partial charge is 0.310 e. The predicted molar refractivity (Wildman–Crippen MR) is 259 cm³/mol. The van der Waals surface area contributed by atoms with E-state index in [-0.39, 0.29) is 0 Å². The molecule has 0 radical (unpaired) electrons. The van der Waals surface area contributed by atoms with Crippen LogP contribution < -0.4 is 9.80 Å². The molecule has 0 saturated carbocycles. The van der Waals surface area contributed by atoms with Crippen molar-refractivity contribution in [3.8, 4) is 16.8 Å². The van der Waals surface area contributed by atoms with Crippen LogP contribution in [0.3, 0.4) is 0 Å². The van der Waals surface area contributed by atoms with Crippen molar-refractivity contribution in [2.45, 2.75) is 5.41 Å². The smallest absolute Gasteiger partial charge is 0.0755 e. The molecule has 11 aromatic rings. The molecule has 3 heteroatoms. The molecule has 2 heterocycles. The number of benzene rings is 10. The molecule has 1 aliphatic heterocycles. The van der Waals surface area contributed by atoms with E-state index >= 15 is 0 Å². The van der Waals surface area contributed by atoms with Gasteiger partial charge in [0.2, 0.25) is 0 Å². The average molecular weight is 790 g/mol. The third-order valence-corrected chi connectivity index (χ3v) is 13.3. The fraction of sp³-hybridized carbons (Fsp3) is 0.0169. The van der Waals surface area contributed by atoms with Gasteiger partial charge in [0, 0.05) is 44.8 Å². The molecule has 1 atom stereocenters. The Labute approximate surface area is 360 Å². The Morgan fingerprint density at radius 2 is 0.968 bits per heavy atom. The number of hydrogen-bond donors (Lipinski definition) is 0. The second kappa shape index (κ2) is 13.4. The van der Waals surface area contributed by atoms with Crippen LogP contribution in [0.4, 0.5) is 34.1 Å². The van der Waals surface area contributed by atoms with E-state index in [2.05, 4.69) is 251 Å². The summed E-state index contributed by atoms with van der Waals surface area (Å²) in [5.74, 6) is 0. The summed E-state index contributed by atoms with van der Waals surface area (Å²) in [5, 5.41) is 4.87. The van der Waals surface area contributed by atoms with E-state index in [4.69, 9.17) is 0 Å². The molecule has 290 valence electrons. The lowest BCUT2D eigenvalue weighted by atomic mass is 9.65. The number of para-hydroxylation sites is 4. The summed E-state index contributed by atoms with van der Waals surface area (Å²) in [6.45, 7) is 0. The highest BCUT2D eigenvalue weighted by Crippen LogP contribution is 2.65. The molecule has 0 amide bonds. The van der Waals surface area contributed by atoms with Crippen molar-refractivity contribution in [3.63, 3.8) is 0 Å². The van der Waals surface area contributed by atoms with Crippen molar-refractivity contribution < 1.29 is 0 Å². The summed E-state index contributed by atoms with van der Waals surface area (Å²) in [4.78, 5) is 4.93. The Morgan fingerprint density at radius 1 is 0.355 bits per heavy atom. The van der Waals surface area contributed by atoms with Crippen molar-refractivity contribution in [2.24, 2.45) is 0 Å². The first-order valence-electron chi connectivity index (χ1n) is 21.4. The Balaban J connectivity index is 1.09. The molecule has 0 bridgehead atoms. The predicted octanol–water partition coefficient (Wildman–Crippen LogP) is 15.6. The molecule has 3 nitrogen and oxygen atoms in total. The summed E-state index contributed by atoms with van der Waals surface area (Å²) >= 11 is 0. The van der Waals surface area contributed by atoms with E-state index < -0.39 is 5.41 Å². The SMILES string of the molecule is c1ccc(N2c3ccccc3C3(c4ccccc4)c4cc(N(c5ccc6ccccc6c5)c5ccc6c(c5)c5ccccc5n6-c5ccccc5)ccc4-c4cccc2c43)cc1. The highest BCUT2D eigenvalue weighted by Gasteiger charge is 2.52. The zero-order valence-corrected chi connectivity index (χ0v) is 33.9. The van der Waals surface area contributed by atoms with Crippen LogP contribution in [-0.2, 0) is 5.41 Å². The lowest BCUT2D eigenvalue weighted by Gasteiger charge is -2.44. The van der Waals surface area contributed by atoms with Gasteiger partial charge in [0.25, 0.3) is 0 Å². The molecule has 1 unspecified atom stereocenters. The van der Waals surface area contributed by atoms with Gasteiger partial charge in [-0.05, 0) is 124 Å². The van der Waals surface area contributed by atoms with Crippen LogP contribution in [0.1, 0.15) is 22.3 Å². The second-order valence-corrected chi connectivity index (χ2v) is 16.5. The first-order chi connectivity index (χ1) is 30.8. The maximum Gasteiger partial charge on any atom is 0.0755 e. The van der Waals surface area contributed by atoms with E-state index in [1.807, 2.05) is 0 Å². The topological polar surface area (TPSA) is 11.4 Å². The molecule has 62 heavy (non-hydrogen) atoms. The molecule has 10 aromatic carbocycles. The molecule has 1 aromatic heterocycles. The van der Waals surface area contributed by atoms with Gasteiger partial charge in [-0.25, -0.2) is 0 Å². The monoisotopic (exact) mass is 789 g/mol. The van der Waals surface area contributed by atoms with Gasteiger partial charge in [0.05, 0.1) is 27.8 Å². The van der Waals surface area contributed by atoms with Crippen LogP contribution in [0.5, 0.6) is 0 Å². The third kappa shape index (κ3) is 4.88. The van der Waals surface area contributed by atoms with Crippen LogP contribution >= 0.6 is 0 Å². The Kier molecular flexibility index (Phi) is 7.52. The normalized spacial score (nSPS) is 14.8. The highest BCUT2D eigenvalue weighted by atomic mass is 15.2. The summed E-state index contributed by atoms with van der Waals surface area (Å²) in [7, 11) is 0. The minimum Gasteiger partial charge on any atom is -0.310 e. The first kappa shape index (κ1) is 34.7. The van der Waals surface area contributed by atoms with E-state index in [1.54, 1.807) is 0 Å². The highest BCUT2D eigenvalue weighted by molar-refractivity contribution is 6.11. The van der Waals surface area contributed by atoms with Gasteiger partial charge >= 0.3 is 0 Å². The van der Waals surface area contributed by atoms with Crippen molar-refractivity contribution >= 4 is 66.7 Å². The summed E-state index contributed by atoms with van der Waals surface area (Å²) in [6, 6.07) is 87.2. The molecular weight excluding hydrogens is 751 g/mol. The Bertz CT molecular complexity index is 3540. The van der Waals surface area contributed by atoms with Gasteiger partial charge in [-0.2, -0.15) is 0 Å². The molecule has 0 fully saturated rings. The number of fused-ring (bicyclic) bond motifs is 9. The second-order valence-electron chi connectivity index (χ2n) is 16.5. The van der Waals surface area contributed by atoms with Crippen molar-refractivity contribution in [1.82, 2.24) is 4.57 Å². The van der Waals surface area contributed by atoms with Gasteiger partial charge < -0.3 is 14.4 Å². The van der Waals surface area contributed by atoms with Crippen molar-refractivity contribution in [2.75, 3.05) is 9.80 Å². The minimum atomic E-state index is -0.567. The van der Waals surface area contributed by atoms with E-state index in [1.165, 1.54) is 77.3 Å². The summed E-state index contributed by atoms with van der Waals surface area (Å²) in [5.41, 5.74) is 17.5. The van der Waals surface area contributed by atoms with Crippen LogP contribution in [-0.4, -0.2) is 4.57 Å². The Hall–Kier alpha value is -8.14. The molecule has 13 rings (SSSR count). The van der Waals surface area contributed by atoms with E-state index in [9.17, 15) is 0 Å². The zero-order valence-electron chi connectivity index (χ0n) is 33.9. The lowest BCUT2D eigenvalue weighted by Crippen LogP contribution is -2.36. The number of rotatable bonds is 6. The quantitative estimate of drug-likeness (QED) is 0.166. The number of nitrogens with zero attached hydrogens (tertiary/aromatic N) is 3. The molecule has 0 spiro atoms. The Morgan fingerprint density at radius 3 is 1.81 bits per heavy atom. The molecule has 0 saturated heterocycles. The first-order valence-corrected chi connectivity index (χ1v) is 21.4. The summed E-state index contributed by atoms with van der Waals surface area (Å²) in [6.07, 6.45) is 0. The fourth-order valence-electron chi connectivity index (χ4n) is 10.8. The van der Waals surface area contributed by atoms with Crippen LogP contribution in [0.25, 0.3) is 49.4 Å². The van der Waals surface area contributed by atoms with E-state index in [0.29, 0.717) is 0 Å². The molecule has 2 aliphatic rings. The minimum absolute atomic E-state index is 0.567. The van der Waals surface area contributed by atoms with Crippen LogP contribution in [0, 0.1) is 0 Å². The van der Waals surface area contributed by atoms with E-state index in [0.717, 1.165) is 28.4 Å². The van der Waals surface area contributed by atoms with Gasteiger partial charge in [0.1, 0.15) is 0 Å². The van der Waals surface area contributed by atoms with Crippen molar-refractivity contribution in [1.29, 1.82) is 0 Å². The summed E-state index contributed by atoms with van der Waals surface area (Å²) < 4.78 is 2.39. The van der Waals surface area contributed by atoms with Gasteiger partial charge in [0.15, 0.2) is 0 Å². The van der Waals surface area contributed by atoms with Crippen LogP contribution in [0.2, 0.25) is 0 Å². The maximum atomic E-state index is 2.49. The molecule has 0 N–H and O–H groups in total. The fourth-order valence-corrected chi connectivity index (χ4v) is 10.8. The molecular formula is C59H39N3. The zero-order chi connectivity index (χ0) is 40.8. The van der Waals surface area contributed by atoms with Crippen LogP contribution in [0.15, 0.2) is 237 Å². The number of hydrogen-bond acceptors (Lipinski definition) is 2. The van der Waals surface area contributed by atoms with Gasteiger partial charge in [-0.15, -0.1) is 0 Å². The third-order valence-electron chi connectivity index (χ3n) is 13.3. The number of aromatic nitrogens is 1. The molecule has 1 aliphatic carbocycles. The van der Waals surface area contributed by atoms with Gasteiger partial charge in [-0.3, -0.25) is 0 Å². The standard InChI is InChI=1S/C59H39N3/c1-4-19-42(20-5-1)59-52-27-13-15-29-56(52)62(44-23-8-3-9-24-44)57-30-16-26-50(58(57)59)48-35-33-47(39-53(48)59)60(45-32-31-40-17-10-11-18-41(40)37-45)46-34-36-55-51(38-46)49-25-12-14-28-54(49)61(55)43-21-6-2-7-22-43/h1-39H. The maximum absolute atomic E-state index is 2.49. The van der Waals surface area contributed by atoms with Gasteiger partial charge in [-0.1, -0.05) is 152 Å².